The minimum Gasteiger partial charge on any atom is -0.367 e. The largest absolute Gasteiger partial charge is 0.367 e. The van der Waals surface area contributed by atoms with Gasteiger partial charge in [-0.25, -0.2) is 0 Å². The maximum absolute atomic E-state index is 9.01. The van der Waals surface area contributed by atoms with Crippen LogP contribution in [0.4, 0.5) is 5.69 Å². The van der Waals surface area contributed by atoms with E-state index in [0.717, 1.165) is 43.1 Å². The highest BCUT2D eigenvalue weighted by Gasteiger charge is 2.21. The van der Waals surface area contributed by atoms with Gasteiger partial charge in [-0.15, -0.1) is 0 Å². The van der Waals surface area contributed by atoms with Gasteiger partial charge in [0, 0.05) is 46.0 Å². The highest BCUT2D eigenvalue weighted by molar-refractivity contribution is 5.80. The average Bonchev–Trinajstić information content (AvgIpc) is 3.12. The number of nitrogens with zero attached hydrogens (tertiary/aromatic N) is 5. The first-order chi connectivity index (χ1) is 12.7. The molecule has 2 N–H and O–H groups in total. The van der Waals surface area contributed by atoms with Gasteiger partial charge in [0.2, 0.25) is 0 Å². The highest BCUT2D eigenvalue weighted by atomic mass is 15.3. The SMILES string of the molecule is CN=C(NCc1cccc(C#N)c1)NC1CCCN(c2cnn(C)c2)C1. The minimum absolute atomic E-state index is 0.334. The zero-order valence-corrected chi connectivity index (χ0v) is 15.3. The van der Waals surface area contributed by atoms with E-state index in [1.165, 1.54) is 0 Å². The number of benzene rings is 1. The second-order valence-electron chi connectivity index (χ2n) is 6.54. The molecule has 3 rings (SSSR count). The number of hydrogen-bond acceptors (Lipinski definition) is 4. The van der Waals surface area contributed by atoms with Crippen molar-refractivity contribution in [2.45, 2.75) is 25.4 Å². The van der Waals surface area contributed by atoms with Gasteiger partial charge >= 0.3 is 0 Å². The summed E-state index contributed by atoms with van der Waals surface area (Å²) >= 11 is 0. The second kappa shape index (κ2) is 8.39. The summed E-state index contributed by atoms with van der Waals surface area (Å²) in [6, 6.07) is 10.1. The average molecular weight is 351 g/mol. The molecule has 1 aromatic carbocycles. The Morgan fingerprint density at radius 3 is 3.08 bits per heavy atom. The third-order valence-corrected chi connectivity index (χ3v) is 4.56. The lowest BCUT2D eigenvalue weighted by molar-refractivity contribution is 0.468. The van der Waals surface area contributed by atoms with Gasteiger partial charge in [-0.05, 0) is 30.5 Å². The first-order valence-corrected chi connectivity index (χ1v) is 8.88. The van der Waals surface area contributed by atoms with E-state index in [9.17, 15) is 0 Å². The van der Waals surface area contributed by atoms with Gasteiger partial charge in [0.1, 0.15) is 0 Å². The van der Waals surface area contributed by atoms with Crippen LogP contribution < -0.4 is 15.5 Å². The summed E-state index contributed by atoms with van der Waals surface area (Å²) in [6.45, 7) is 2.61. The zero-order chi connectivity index (χ0) is 18.4. The smallest absolute Gasteiger partial charge is 0.191 e. The summed E-state index contributed by atoms with van der Waals surface area (Å²) in [5, 5.41) is 20.1. The van der Waals surface area contributed by atoms with Crippen LogP contribution in [0.1, 0.15) is 24.0 Å². The third-order valence-electron chi connectivity index (χ3n) is 4.56. The molecule has 0 radical (unpaired) electrons. The number of rotatable bonds is 4. The molecule has 0 aliphatic carbocycles. The Morgan fingerprint density at radius 2 is 2.35 bits per heavy atom. The van der Waals surface area contributed by atoms with Crippen LogP contribution in [-0.4, -0.2) is 41.9 Å². The molecule has 1 aliphatic rings. The summed E-state index contributed by atoms with van der Waals surface area (Å²) in [5.74, 6) is 0.783. The Bertz CT molecular complexity index is 802. The fourth-order valence-corrected chi connectivity index (χ4v) is 3.23. The molecule has 0 saturated carbocycles. The summed E-state index contributed by atoms with van der Waals surface area (Å²) in [6.07, 6.45) is 6.21. The normalized spacial score (nSPS) is 17.7. The number of nitrogens with one attached hydrogen (secondary N) is 2. The van der Waals surface area contributed by atoms with Crippen LogP contribution in [0, 0.1) is 11.3 Å². The number of aromatic nitrogens is 2. The van der Waals surface area contributed by atoms with Crippen molar-refractivity contribution in [3.8, 4) is 6.07 Å². The fourth-order valence-electron chi connectivity index (χ4n) is 3.23. The van der Waals surface area contributed by atoms with Gasteiger partial charge in [-0.1, -0.05) is 12.1 Å². The van der Waals surface area contributed by atoms with E-state index in [2.05, 4.69) is 37.9 Å². The number of anilines is 1. The predicted octanol–water partition coefficient (Wildman–Crippen LogP) is 1.63. The number of aliphatic imine (C=N–C) groups is 1. The summed E-state index contributed by atoms with van der Waals surface area (Å²) in [4.78, 5) is 6.70. The highest BCUT2D eigenvalue weighted by Crippen LogP contribution is 2.18. The van der Waals surface area contributed by atoms with E-state index >= 15 is 0 Å². The lowest BCUT2D eigenvalue weighted by Crippen LogP contribution is -2.51. The van der Waals surface area contributed by atoms with Crippen LogP contribution in [-0.2, 0) is 13.6 Å². The van der Waals surface area contributed by atoms with Crippen molar-refractivity contribution in [2.75, 3.05) is 25.0 Å². The lowest BCUT2D eigenvalue weighted by atomic mass is 10.1. The van der Waals surface area contributed by atoms with E-state index in [4.69, 9.17) is 5.26 Å². The predicted molar refractivity (Wildman–Crippen MR) is 103 cm³/mol. The first kappa shape index (κ1) is 17.8. The first-order valence-electron chi connectivity index (χ1n) is 8.88. The van der Waals surface area contributed by atoms with Gasteiger partial charge < -0.3 is 15.5 Å². The van der Waals surface area contributed by atoms with Crippen LogP contribution in [0.25, 0.3) is 0 Å². The molecule has 7 heteroatoms. The Hall–Kier alpha value is -3.01. The van der Waals surface area contributed by atoms with Gasteiger partial charge in [-0.3, -0.25) is 9.67 Å². The van der Waals surface area contributed by atoms with Crippen molar-refractivity contribution in [1.29, 1.82) is 5.26 Å². The van der Waals surface area contributed by atoms with E-state index < -0.39 is 0 Å². The van der Waals surface area contributed by atoms with Crippen LogP contribution in [0.5, 0.6) is 0 Å². The fraction of sp³-hybridized carbons (Fsp3) is 0.421. The molecular formula is C19H25N7. The molecule has 0 spiro atoms. The van der Waals surface area contributed by atoms with Crippen LogP contribution in [0.15, 0.2) is 41.7 Å². The molecule has 0 amide bonds. The number of piperidine rings is 1. The van der Waals surface area contributed by atoms with Crippen molar-refractivity contribution >= 4 is 11.6 Å². The Balaban J connectivity index is 1.55. The second-order valence-corrected chi connectivity index (χ2v) is 6.54. The molecule has 1 atom stereocenters. The molecule has 26 heavy (non-hydrogen) atoms. The van der Waals surface area contributed by atoms with Gasteiger partial charge in [0.05, 0.1) is 23.5 Å². The van der Waals surface area contributed by atoms with Gasteiger partial charge in [0.25, 0.3) is 0 Å². The van der Waals surface area contributed by atoms with Gasteiger partial charge in [-0.2, -0.15) is 10.4 Å². The molecule has 2 aromatic rings. The maximum atomic E-state index is 9.01. The molecule has 136 valence electrons. The molecule has 1 aromatic heterocycles. The Labute approximate surface area is 154 Å². The zero-order valence-electron chi connectivity index (χ0n) is 15.3. The third kappa shape index (κ3) is 4.54. The Kier molecular flexibility index (Phi) is 5.74. The van der Waals surface area contributed by atoms with E-state index in [1.807, 2.05) is 42.2 Å². The topological polar surface area (TPSA) is 81.3 Å². The number of guanidine groups is 1. The molecule has 1 unspecified atom stereocenters. The number of hydrogen-bond donors (Lipinski definition) is 2. The molecule has 7 nitrogen and oxygen atoms in total. The maximum Gasteiger partial charge on any atom is 0.191 e. The van der Waals surface area contributed by atoms with Crippen molar-refractivity contribution in [3.05, 3.63) is 47.8 Å². The summed E-state index contributed by atoms with van der Waals surface area (Å²) in [7, 11) is 3.72. The number of nitriles is 1. The van der Waals surface area contributed by atoms with Crippen molar-refractivity contribution < 1.29 is 0 Å². The van der Waals surface area contributed by atoms with E-state index in [-0.39, 0.29) is 0 Å². The van der Waals surface area contributed by atoms with Crippen LogP contribution in [0.2, 0.25) is 0 Å². The molecule has 2 heterocycles. The van der Waals surface area contributed by atoms with Gasteiger partial charge in [0.15, 0.2) is 5.96 Å². The van der Waals surface area contributed by atoms with Crippen molar-refractivity contribution in [3.63, 3.8) is 0 Å². The lowest BCUT2D eigenvalue weighted by Gasteiger charge is -2.34. The summed E-state index contributed by atoms with van der Waals surface area (Å²) in [5.41, 5.74) is 2.90. The summed E-state index contributed by atoms with van der Waals surface area (Å²) < 4.78 is 1.84. The van der Waals surface area contributed by atoms with E-state index in [0.29, 0.717) is 18.2 Å². The number of aryl methyl sites for hydroxylation is 1. The molecule has 1 aliphatic heterocycles. The Morgan fingerprint density at radius 1 is 1.46 bits per heavy atom. The molecular weight excluding hydrogens is 326 g/mol. The monoisotopic (exact) mass is 351 g/mol. The quantitative estimate of drug-likeness (QED) is 0.646. The van der Waals surface area contributed by atoms with Crippen LogP contribution >= 0.6 is 0 Å². The van der Waals surface area contributed by atoms with Crippen molar-refractivity contribution in [2.24, 2.45) is 12.0 Å². The van der Waals surface area contributed by atoms with E-state index in [1.54, 1.807) is 7.05 Å². The molecule has 1 saturated heterocycles. The standard InChI is InChI=1S/C19H25N7/c1-21-19(22-11-16-6-3-5-15(9-16)10-20)24-17-7-4-8-26(13-17)18-12-23-25(2)14-18/h3,5-6,9,12,14,17H,4,7-8,11,13H2,1-2H3,(H2,21,22,24). The van der Waals surface area contributed by atoms with Crippen LogP contribution in [0.3, 0.4) is 0 Å². The van der Waals surface area contributed by atoms with Crippen molar-refractivity contribution in [1.82, 2.24) is 20.4 Å². The minimum atomic E-state index is 0.334. The molecule has 1 fully saturated rings. The molecule has 0 bridgehead atoms.